The standard InChI is InChI=1S/C13H21N3S/c1-5-13(2,3)11(14-4)8-10-9-16-6-7-17-12(16)15-10/h6-7,9,11,14H,5,8H2,1-4H3. The average Bonchev–Trinajstić information content (AvgIpc) is 2.85. The smallest absolute Gasteiger partial charge is 0.193 e. The number of nitrogens with one attached hydrogen (secondary N) is 1. The maximum Gasteiger partial charge on any atom is 0.193 e. The molecule has 17 heavy (non-hydrogen) atoms. The molecule has 0 radical (unpaired) electrons. The predicted octanol–water partition coefficient (Wildman–Crippen LogP) is 2.96. The number of hydrogen-bond acceptors (Lipinski definition) is 3. The minimum absolute atomic E-state index is 0.297. The Balaban J connectivity index is 2.16. The third kappa shape index (κ3) is 2.53. The molecular formula is C13H21N3S. The van der Waals surface area contributed by atoms with Gasteiger partial charge in [-0.1, -0.05) is 20.8 Å². The number of thiazole rings is 1. The zero-order valence-corrected chi connectivity index (χ0v) is 11.8. The quantitative estimate of drug-likeness (QED) is 0.885. The zero-order valence-electron chi connectivity index (χ0n) is 11.0. The molecule has 94 valence electrons. The number of imidazole rings is 1. The van der Waals surface area contributed by atoms with Crippen molar-refractivity contribution < 1.29 is 0 Å². The normalized spacial score (nSPS) is 14.4. The number of hydrogen-bond donors (Lipinski definition) is 1. The van der Waals surface area contributed by atoms with E-state index in [1.54, 1.807) is 11.3 Å². The Morgan fingerprint density at radius 2 is 2.29 bits per heavy atom. The van der Waals surface area contributed by atoms with Crippen LogP contribution in [-0.4, -0.2) is 22.5 Å². The summed E-state index contributed by atoms with van der Waals surface area (Å²) in [5.41, 5.74) is 1.48. The van der Waals surface area contributed by atoms with E-state index in [0.29, 0.717) is 11.5 Å². The van der Waals surface area contributed by atoms with Crippen molar-refractivity contribution in [1.29, 1.82) is 0 Å². The Labute approximate surface area is 107 Å². The van der Waals surface area contributed by atoms with Gasteiger partial charge in [-0.15, -0.1) is 11.3 Å². The second-order valence-corrected chi connectivity index (χ2v) is 6.09. The van der Waals surface area contributed by atoms with Gasteiger partial charge >= 0.3 is 0 Å². The van der Waals surface area contributed by atoms with Gasteiger partial charge in [0.25, 0.3) is 0 Å². The van der Waals surface area contributed by atoms with Crippen LogP contribution in [0.1, 0.15) is 32.9 Å². The van der Waals surface area contributed by atoms with Crippen LogP contribution in [0, 0.1) is 5.41 Å². The maximum absolute atomic E-state index is 4.65. The molecule has 3 nitrogen and oxygen atoms in total. The number of fused-ring (bicyclic) bond motifs is 1. The monoisotopic (exact) mass is 251 g/mol. The Morgan fingerprint density at radius 1 is 1.53 bits per heavy atom. The molecule has 0 aliphatic carbocycles. The first-order valence-electron chi connectivity index (χ1n) is 6.15. The SMILES string of the molecule is CCC(C)(C)C(Cc1cn2ccsc2n1)NC. The number of aromatic nitrogens is 2. The molecule has 0 fully saturated rings. The summed E-state index contributed by atoms with van der Waals surface area (Å²) in [6.45, 7) is 6.87. The van der Waals surface area contributed by atoms with Gasteiger partial charge in [-0.3, -0.25) is 4.40 Å². The topological polar surface area (TPSA) is 29.3 Å². The summed E-state index contributed by atoms with van der Waals surface area (Å²) in [5.74, 6) is 0. The molecule has 0 aliphatic rings. The Morgan fingerprint density at radius 3 is 2.88 bits per heavy atom. The Kier molecular flexibility index (Phi) is 3.54. The second kappa shape index (κ2) is 4.78. The van der Waals surface area contributed by atoms with Crippen LogP contribution in [0.4, 0.5) is 0 Å². The van der Waals surface area contributed by atoms with Gasteiger partial charge in [-0.25, -0.2) is 4.98 Å². The molecule has 0 aromatic carbocycles. The van der Waals surface area contributed by atoms with E-state index in [-0.39, 0.29) is 0 Å². The van der Waals surface area contributed by atoms with Crippen LogP contribution in [0.3, 0.4) is 0 Å². The molecule has 0 amide bonds. The van der Waals surface area contributed by atoms with Crippen LogP contribution in [0.5, 0.6) is 0 Å². The minimum atomic E-state index is 0.297. The van der Waals surface area contributed by atoms with Gasteiger partial charge in [0, 0.05) is 30.2 Å². The van der Waals surface area contributed by atoms with E-state index in [2.05, 4.69) is 53.2 Å². The molecule has 2 aromatic rings. The fourth-order valence-electron chi connectivity index (χ4n) is 2.10. The first-order valence-corrected chi connectivity index (χ1v) is 7.03. The van der Waals surface area contributed by atoms with Crippen LogP contribution < -0.4 is 5.32 Å². The third-order valence-electron chi connectivity index (χ3n) is 3.76. The highest BCUT2D eigenvalue weighted by Crippen LogP contribution is 2.27. The van der Waals surface area contributed by atoms with E-state index in [1.807, 2.05) is 7.05 Å². The van der Waals surface area contributed by atoms with Crippen molar-refractivity contribution in [2.75, 3.05) is 7.05 Å². The van der Waals surface area contributed by atoms with E-state index < -0.39 is 0 Å². The van der Waals surface area contributed by atoms with Crippen molar-refractivity contribution in [3.05, 3.63) is 23.5 Å². The van der Waals surface area contributed by atoms with Crippen LogP contribution in [0.15, 0.2) is 17.8 Å². The van der Waals surface area contributed by atoms with E-state index in [9.17, 15) is 0 Å². The molecule has 0 saturated carbocycles. The van der Waals surface area contributed by atoms with Crippen LogP contribution in [0.25, 0.3) is 4.96 Å². The van der Waals surface area contributed by atoms with Crippen molar-refractivity contribution >= 4 is 16.3 Å². The van der Waals surface area contributed by atoms with Crippen molar-refractivity contribution in [2.24, 2.45) is 5.41 Å². The lowest BCUT2D eigenvalue weighted by Gasteiger charge is -2.32. The minimum Gasteiger partial charge on any atom is -0.316 e. The molecular weight excluding hydrogens is 230 g/mol. The number of nitrogens with zero attached hydrogens (tertiary/aromatic N) is 2. The lowest BCUT2D eigenvalue weighted by atomic mass is 9.80. The van der Waals surface area contributed by atoms with E-state index >= 15 is 0 Å². The molecule has 2 rings (SSSR count). The van der Waals surface area contributed by atoms with Crippen LogP contribution >= 0.6 is 11.3 Å². The fraction of sp³-hybridized carbons (Fsp3) is 0.615. The number of rotatable bonds is 5. The van der Waals surface area contributed by atoms with Crippen molar-refractivity contribution in [2.45, 2.75) is 39.7 Å². The lowest BCUT2D eigenvalue weighted by Crippen LogP contribution is -2.41. The van der Waals surface area contributed by atoms with Gasteiger partial charge in [0.15, 0.2) is 4.96 Å². The average molecular weight is 251 g/mol. The van der Waals surface area contributed by atoms with Gasteiger partial charge in [0.05, 0.1) is 5.69 Å². The summed E-state index contributed by atoms with van der Waals surface area (Å²) >= 11 is 1.69. The molecule has 1 N–H and O–H groups in total. The van der Waals surface area contributed by atoms with E-state index in [0.717, 1.165) is 11.4 Å². The highest BCUT2D eigenvalue weighted by atomic mass is 32.1. The molecule has 0 spiro atoms. The summed E-state index contributed by atoms with van der Waals surface area (Å²) in [6, 6.07) is 0.470. The summed E-state index contributed by atoms with van der Waals surface area (Å²) in [6.07, 6.45) is 6.37. The van der Waals surface area contributed by atoms with Gasteiger partial charge in [-0.05, 0) is 18.9 Å². The van der Waals surface area contributed by atoms with Crippen molar-refractivity contribution in [3.63, 3.8) is 0 Å². The molecule has 2 aromatic heterocycles. The number of likely N-dealkylation sites (N-methyl/N-ethyl adjacent to an activating group) is 1. The fourth-order valence-corrected chi connectivity index (χ4v) is 2.82. The van der Waals surface area contributed by atoms with Crippen molar-refractivity contribution in [1.82, 2.24) is 14.7 Å². The molecule has 4 heteroatoms. The predicted molar refractivity (Wildman–Crippen MR) is 73.7 cm³/mol. The first kappa shape index (κ1) is 12.6. The molecule has 1 unspecified atom stereocenters. The molecule has 0 aliphatic heterocycles. The lowest BCUT2D eigenvalue weighted by molar-refractivity contribution is 0.239. The Hall–Kier alpha value is -0.870. The molecule has 2 heterocycles. The van der Waals surface area contributed by atoms with Gasteiger partial charge in [0.1, 0.15) is 0 Å². The van der Waals surface area contributed by atoms with E-state index in [1.165, 1.54) is 12.1 Å². The van der Waals surface area contributed by atoms with Gasteiger partial charge in [0.2, 0.25) is 0 Å². The molecule has 1 atom stereocenters. The van der Waals surface area contributed by atoms with Crippen LogP contribution in [-0.2, 0) is 6.42 Å². The first-order chi connectivity index (χ1) is 8.06. The zero-order chi connectivity index (χ0) is 12.5. The van der Waals surface area contributed by atoms with Crippen LogP contribution in [0.2, 0.25) is 0 Å². The summed E-state index contributed by atoms with van der Waals surface area (Å²) in [5, 5.41) is 5.50. The highest BCUT2D eigenvalue weighted by molar-refractivity contribution is 7.15. The van der Waals surface area contributed by atoms with Gasteiger partial charge < -0.3 is 5.32 Å². The van der Waals surface area contributed by atoms with Crippen molar-refractivity contribution in [3.8, 4) is 0 Å². The summed E-state index contributed by atoms with van der Waals surface area (Å²) < 4.78 is 2.10. The third-order valence-corrected chi connectivity index (χ3v) is 4.53. The maximum atomic E-state index is 4.65. The largest absolute Gasteiger partial charge is 0.316 e. The van der Waals surface area contributed by atoms with E-state index in [4.69, 9.17) is 0 Å². The second-order valence-electron chi connectivity index (χ2n) is 5.21. The Bertz CT molecular complexity index is 455. The molecule has 0 bridgehead atoms. The van der Waals surface area contributed by atoms with Gasteiger partial charge in [-0.2, -0.15) is 0 Å². The highest BCUT2D eigenvalue weighted by Gasteiger charge is 2.27. The summed E-state index contributed by atoms with van der Waals surface area (Å²) in [7, 11) is 2.04. The molecule has 0 saturated heterocycles. The summed E-state index contributed by atoms with van der Waals surface area (Å²) in [4.78, 5) is 5.74.